The zero-order valence-corrected chi connectivity index (χ0v) is 19.4. The van der Waals surface area contributed by atoms with Crippen LogP contribution in [0.3, 0.4) is 0 Å². The molecule has 0 atom stereocenters. The zero-order chi connectivity index (χ0) is 22.2. The Morgan fingerprint density at radius 3 is 2.68 bits per heavy atom. The lowest BCUT2D eigenvalue weighted by Gasteiger charge is -2.27. The summed E-state index contributed by atoms with van der Waals surface area (Å²) in [7, 11) is 5.46. The SMILES string of the molecule is CNCc1cccnc1OC.Cc1c(SN2CCc3ccccc3C2)cc(C=O)n1C. The van der Waals surface area contributed by atoms with Crippen molar-refractivity contribution in [2.24, 2.45) is 7.05 Å². The number of hydrogen-bond donors (Lipinski definition) is 1. The van der Waals surface area contributed by atoms with Gasteiger partial charge >= 0.3 is 0 Å². The molecule has 6 nitrogen and oxygen atoms in total. The third-order valence-electron chi connectivity index (χ3n) is 5.38. The van der Waals surface area contributed by atoms with Gasteiger partial charge < -0.3 is 14.6 Å². The Hall–Kier alpha value is -2.61. The van der Waals surface area contributed by atoms with Crippen molar-refractivity contribution in [3.05, 3.63) is 76.7 Å². The summed E-state index contributed by atoms with van der Waals surface area (Å²) in [6.07, 6.45) is 3.73. The molecule has 0 amide bonds. The van der Waals surface area contributed by atoms with E-state index in [1.54, 1.807) is 25.3 Å². The van der Waals surface area contributed by atoms with Crippen molar-refractivity contribution in [3.8, 4) is 5.88 Å². The molecule has 0 aliphatic carbocycles. The molecule has 0 saturated carbocycles. The molecular formula is C24H30N4O2S. The summed E-state index contributed by atoms with van der Waals surface area (Å²) in [5.74, 6) is 0.696. The maximum atomic E-state index is 11.0. The molecule has 164 valence electrons. The summed E-state index contributed by atoms with van der Waals surface area (Å²) in [5.41, 5.74) is 5.84. The van der Waals surface area contributed by atoms with Gasteiger partial charge in [0.25, 0.3) is 0 Å². The predicted octanol–water partition coefficient (Wildman–Crippen LogP) is 4.02. The first kappa shape index (κ1) is 23.1. The van der Waals surface area contributed by atoms with E-state index < -0.39 is 0 Å². The van der Waals surface area contributed by atoms with E-state index >= 15 is 0 Å². The topological polar surface area (TPSA) is 59.4 Å². The van der Waals surface area contributed by atoms with Crippen molar-refractivity contribution >= 4 is 18.2 Å². The number of benzene rings is 1. The van der Waals surface area contributed by atoms with Gasteiger partial charge in [-0.25, -0.2) is 9.29 Å². The molecule has 3 aromatic rings. The third kappa shape index (κ3) is 5.76. The molecule has 0 saturated heterocycles. The largest absolute Gasteiger partial charge is 0.481 e. The molecule has 0 spiro atoms. The molecule has 0 radical (unpaired) electrons. The Bertz CT molecular complexity index is 1020. The first-order valence-corrected chi connectivity index (χ1v) is 11.1. The van der Waals surface area contributed by atoms with Crippen LogP contribution >= 0.6 is 11.9 Å². The molecule has 1 aromatic carbocycles. The van der Waals surface area contributed by atoms with Crippen LogP contribution in [0, 0.1) is 6.92 Å². The number of hydrogen-bond acceptors (Lipinski definition) is 6. The predicted molar refractivity (Wildman–Crippen MR) is 126 cm³/mol. The van der Waals surface area contributed by atoms with Crippen LogP contribution in [0.15, 0.2) is 53.6 Å². The lowest BCUT2D eigenvalue weighted by Crippen LogP contribution is -2.24. The van der Waals surface area contributed by atoms with Gasteiger partial charge in [0.05, 0.1) is 12.8 Å². The van der Waals surface area contributed by atoms with Gasteiger partial charge in [-0.1, -0.05) is 30.3 Å². The van der Waals surface area contributed by atoms with Crippen molar-refractivity contribution < 1.29 is 9.53 Å². The summed E-state index contributed by atoms with van der Waals surface area (Å²) < 4.78 is 9.37. The van der Waals surface area contributed by atoms with Crippen molar-refractivity contribution in [1.29, 1.82) is 0 Å². The summed E-state index contributed by atoms with van der Waals surface area (Å²) in [4.78, 5) is 16.2. The molecule has 1 aliphatic heterocycles. The molecule has 3 heterocycles. The summed E-state index contributed by atoms with van der Waals surface area (Å²) in [6.45, 7) is 4.86. The molecule has 1 aliphatic rings. The molecule has 0 fully saturated rings. The third-order valence-corrected chi connectivity index (χ3v) is 6.56. The number of methoxy groups -OCH3 is 1. The van der Waals surface area contributed by atoms with Crippen LogP contribution in [0.1, 0.15) is 32.9 Å². The van der Waals surface area contributed by atoms with E-state index in [1.165, 1.54) is 16.0 Å². The highest BCUT2D eigenvalue weighted by Gasteiger charge is 2.19. The Kier molecular flexibility index (Phi) is 8.28. The van der Waals surface area contributed by atoms with Gasteiger partial charge in [-0.05, 0) is 55.6 Å². The lowest BCUT2D eigenvalue weighted by molar-refractivity contribution is 0.111. The molecule has 0 bridgehead atoms. The summed E-state index contributed by atoms with van der Waals surface area (Å²) >= 11 is 1.76. The Morgan fingerprint density at radius 1 is 1.23 bits per heavy atom. The number of fused-ring (bicyclic) bond motifs is 1. The fourth-order valence-electron chi connectivity index (χ4n) is 3.52. The molecule has 4 rings (SSSR count). The number of rotatable bonds is 6. The number of carbonyl (C=O) groups is 1. The fourth-order valence-corrected chi connectivity index (χ4v) is 4.63. The average molecular weight is 439 g/mol. The van der Waals surface area contributed by atoms with E-state index in [0.717, 1.165) is 49.3 Å². The second-order valence-electron chi connectivity index (χ2n) is 7.37. The highest BCUT2D eigenvalue weighted by molar-refractivity contribution is 7.97. The van der Waals surface area contributed by atoms with Gasteiger partial charge in [-0.2, -0.15) is 0 Å². The van der Waals surface area contributed by atoms with Crippen molar-refractivity contribution in [2.75, 3.05) is 20.7 Å². The van der Waals surface area contributed by atoms with Gasteiger partial charge in [-0.3, -0.25) is 4.79 Å². The molecule has 7 heteroatoms. The highest BCUT2D eigenvalue weighted by atomic mass is 32.2. The Balaban J connectivity index is 0.000000210. The van der Waals surface area contributed by atoms with Crippen LogP contribution in [-0.4, -0.2) is 40.8 Å². The smallest absolute Gasteiger partial charge is 0.217 e. The number of nitrogens with one attached hydrogen (secondary N) is 1. The van der Waals surface area contributed by atoms with E-state index in [0.29, 0.717) is 5.88 Å². The maximum absolute atomic E-state index is 11.0. The van der Waals surface area contributed by atoms with Gasteiger partial charge in [0.2, 0.25) is 5.88 Å². The highest BCUT2D eigenvalue weighted by Crippen LogP contribution is 2.32. The number of nitrogens with zero attached hydrogens (tertiary/aromatic N) is 3. The standard InChI is InChI=1S/C16H18N2OS.C8H12N2O/c1-12-16(9-15(11-19)17(12)2)20-18-8-7-13-5-3-4-6-14(13)10-18;1-9-6-7-4-3-5-10-8(7)11-2/h3-6,9,11H,7-8,10H2,1-2H3;3-5,9H,6H2,1-2H3. The van der Waals surface area contributed by atoms with Crippen LogP contribution in [0.25, 0.3) is 0 Å². The Morgan fingerprint density at radius 2 is 2.00 bits per heavy atom. The van der Waals surface area contributed by atoms with Crippen LogP contribution < -0.4 is 10.1 Å². The van der Waals surface area contributed by atoms with Crippen LogP contribution in [0.4, 0.5) is 0 Å². The van der Waals surface area contributed by atoms with Crippen LogP contribution in [0.5, 0.6) is 5.88 Å². The quantitative estimate of drug-likeness (QED) is 0.463. The van der Waals surface area contributed by atoms with Crippen LogP contribution in [0.2, 0.25) is 0 Å². The van der Waals surface area contributed by atoms with E-state index in [2.05, 4.69) is 45.8 Å². The number of carbonyl (C=O) groups excluding carboxylic acids is 1. The molecule has 31 heavy (non-hydrogen) atoms. The monoisotopic (exact) mass is 438 g/mol. The van der Waals surface area contributed by atoms with Crippen molar-refractivity contribution in [3.63, 3.8) is 0 Å². The first-order chi connectivity index (χ1) is 15.1. The van der Waals surface area contributed by atoms with E-state index in [-0.39, 0.29) is 0 Å². The lowest BCUT2D eigenvalue weighted by atomic mass is 10.0. The number of aldehydes is 1. The molecule has 2 aromatic heterocycles. The zero-order valence-electron chi connectivity index (χ0n) is 18.6. The second-order valence-corrected chi connectivity index (χ2v) is 8.51. The number of ether oxygens (including phenoxy) is 1. The average Bonchev–Trinajstić information content (AvgIpc) is 3.08. The fraction of sp³-hybridized carbons (Fsp3) is 0.333. The maximum Gasteiger partial charge on any atom is 0.217 e. The Labute approximate surface area is 188 Å². The minimum atomic E-state index is 0.696. The van der Waals surface area contributed by atoms with Gasteiger partial charge in [0.1, 0.15) is 0 Å². The summed E-state index contributed by atoms with van der Waals surface area (Å²) in [6, 6.07) is 14.5. The minimum absolute atomic E-state index is 0.696. The van der Waals surface area contributed by atoms with E-state index in [4.69, 9.17) is 4.74 Å². The number of pyridine rings is 1. The van der Waals surface area contributed by atoms with Crippen molar-refractivity contribution in [1.82, 2.24) is 19.2 Å². The van der Waals surface area contributed by atoms with E-state index in [9.17, 15) is 4.79 Å². The van der Waals surface area contributed by atoms with Gasteiger partial charge in [0, 0.05) is 49.0 Å². The first-order valence-electron chi connectivity index (χ1n) is 10.3. The normalized spacial score (nSPS) is 13.2. The molecule has 1 N–H and O–H groups in total. The molecule has 0 unspecified atom stereocenters. The van der Waals surface area contributed by atoms with Gasteiger partial charge in [0.15, 0.2) is 6.29 Å². The van der Waals surface area contributed by atoms with Gasteiger partial charge in [-0.15, -0.1) is 0 Å². The second kappa shape index (κ2) is 11.1. The molecular weight excluding hydrogens is 408 g/mol. The summed E-state index contributed by atoms with van der Waals surface area (Å²) in [5, 5.41) is 3.04. The van der Waals surface area contributed by atoms with Crippen molar-refractivity contribution in [2.45, 2.75) is 31.3 Å². The van der Waals surface area contributed by atoms with E-state index in [1.807, 2.05) is 36.9 Å². The minimum Gasteiger partial charge on any atom is -0.481 e. The van der Waals surface area contributed by atoms with Crippen LogP contribution in [-0.2, 0) is 26.6 Å². The number of aromatic nitrogens is 2.